The Balaban J connectivity index is 1.55. The van der Waals surface area contributed by atoms with Crippen LogP contribution in [0, 0.1) is 42.4 Å². The number of halogens is 3. The van der Waals surface area contributed by atoms with Gasteiger partial charge in [0.2, 0.25) is 0 Å². The Morgan fingerprint density at radius 1 is 1.00 bits per heavy atom. The molecular weight excluding hydrogens is 317 g/mol. The molecule has 6 rings (SSSR count). The van der Waals surface area contributed by atoms with Crippen LogP contribution in [0.1, 0.15) is 5.56 Å². The Morgan fingerprint density at radius 3 is 1.86 bits per heavy atom. The van der Waals surface area contributed by atoms with E-state index in [0.717, 1.165) is 5.56 Å². The van der Waals surface area contributed by atoms with Crippen molar-refractivity contribution in [1.29, 1.82) is 0 Å². The van der Waals surface area contributed by atoms with Gasteiger partial charge in [-0.1, -0.05) is 17.7 Å². The van der Waals surface area contributed by atoms with E-state index in [0.29, 0.717) is 0 Å². The molecule has 0 spiro atoms. The van der Waals surface area contributed by atoms with E-state index in [9.17, 15) is 21.6 Å². The highest BCUT2D eigenvalue weighted by molar-refractivity contribution is 7.86. The van der Waals surface area contributed by atoms with Gasteiger partial charge in [0.1, 0.15) is 0 Å². The number of benzene rings is 1. The third-order valence-electron chi connectivity index (χ3n) is 6.15. The number of aryl methyl sites for hydroxylation is 1. The van der Waals surface area contributed by atoms with Crippen molar-refractivity contribution in [3.05, 3.63) is 29.8 Å². The lowest BCUT2D eigenvalue weighted by Gasteiger charge is -2.32. The van der Waals surface area contributed by atoms with E-state index < -0.39 is 33.7 Å². The fraction of sp³-hybridized carbons (Fsp3) is 0.600. The average molecular weight is 330 g/mol. The Labute approximate surface area is 125 Å². The van der Waals surface area contributed by atoms with Gasteiger partial charge in [0.15, 0.2) is 5.60 Å². The highest BCUT2D eigenvalue weighted by Crippen LogP contribution is 2.97. The standard InChI is InChI=1S/C15H13F3O3S/c1-6-2-4-7(5-3-6)22(19,20)21-14(15(16,17)18)12-8-9(12)11-10(8)13(11)14/h2-5,8-13H,1H3. The minimum Gasteiger partial charge on any atom is -0.249 e. The van der Waals surface area contributed by atoms with Crippen LogP contribution in [0.4, 0.5) is 13.2 Å². The van der Waals surface area contributed by atoms with E-state index >= 15 is 0 Å². The Bertz CT molecular complexity index is 739. The van der Waals surface area contributed by atoms with Crippen LogP contribution in [0.5, 0.6) is 0 Å². The van der Waals surface area contributed by atoms with Crippen LogP contribution < -0.4 is 0 Å². The van der Waals surface area contributed by atoms with Crippen molar-refractivity contribution in [2.75, 3.05) is 0 Å². The van der Waals surface area contributed by atoms with E-state index in [2.05, 4.69) is 0 Å². The molecule has 5 aliphatic carbocycles. The normalized spacial score (nSPS) is 46.9. The first kappa shape index (κ1) is 13.4. The molecular formula is C15H13F3O3S. The van der Waals surface area contributed by atoms with Gasteiger partial charge in [0, 0.05) is 11.8 Å². The lowest BCUT2D eigenvalue weighted by atomic mass is 9.97. The van der Waals surface area contributed by atoms with Gasteiger partial charge in [-0.25, -0.2) is 4.18 Å². The summed E-state index contributed by atoms with van der Waals surface area (Å²) >= 11 is 0. The monoisotopic (exact) mass is 330 g/mol. The predicted molar refractivity (Wildman–Crippen MR) is 69.2 cm³/mol. The van der Waals surface area contributed by atoms with E-state index in [1.807, 2.05) is 0 Å². The van der Waals surface area contributed by atoms with E-state index in [4.69, 9.17) is 4.18 Å². The maximum Gasteiger partial charge on any atom is 0.419 e. The highest BCUT2D eigenvalue weighted by atomic mass is 32.2. The van der Waals surface area contributed by atoms with E-state index in [1.165, 1.54) is 12.1 Å². The largest absolute Gasteiger partial charge is 0.419 e. The predicted octanol–water partition coefficient (Wildman–Crippen LogP) is 2.75. The first-order valence-electron chi connectivity index (χ1n) is 7.29. The van der Waals surface area contributed by atoms with Crippen molar-refractivity contribution in [1.82, 2.24) is 0 Å². The summed E-state index contributed by atoms with van der Waals surface area (Å²) in [5, 5.41) is 0. The zero-order valence-corrected chi connectivity index (χ0v) is 12.4. The number of hydrogen-bond acceptors (Lipinski definition) is 3. The Morgan fingerprint density at radius 2 is 1.45 bits per heavy atom. The van der Waals surface area contributed by atoms with E-state index in [1.54, 1.807) is 19.1 Å². The fourth-order valence-corrected chi connectivity index (χ4v) is 6.64. The van der Waals surface area contributed by atoms with Gasteiger partial charge in [-0.15, -0.1) is 0 Å². The van der Waals surface area contributed by atoms with Crippen LogP contribution in [0.15, 0.2) is 29.2 Å². The SMILES string of the molecule is Cc1ccc(S(=O)(=O)OC2(C(F)(F)F)C3C4C3C3C4C32)cc1. The molecule has 1 aromatic rings. The summed E-state index contributed by atoms with van der Waals surface area (Å²) in [5.41, 5.74) is -1.64. The number of rotatable bonds is 3. The summed E-state index contributed by atoms with van der Waals surface area (Å²) in [7, 11) is -4.42. The molecule has 0 radical (unpaired) electrons. The third-order valence-corrected chi connectivity index (χ3v) is 7.49. The molecule has 0 N–H and O–H groups in total. The molecule has 2 bridgehead atoms. The van der Waals surface area contributed by atoms with Crippen LogP contribution in [-0.2, 0) is 14.3 Å². The highest BCUT2D eigenvalue weighted by Gasteiger charge is 3.02. The van der Waals surface area contributed by atoms with Crippen molar-refractivity contribution in [2.45, 2.75) is 23.6 Å². The van der Waals surface area contributed by atoms with Gasteiger partial charge in [0.05, 0.1) is 4.90 Å². The molecule has 3 nitrogen and oxygen atoms in total. The van der Waals surface area contributed by atoms with Crippen LogP contribution in [-0.4, -0.2) is 20.2 Å². The van der Waals surface area contributed by atoms with E-state index in [-0.39, 0.29) is 28.6 Å². The summed E-state index contributed by atoms with van der Waals surface area (Å²) in [4.78, 5) is -0.210. The molecule has 118 valence electrons. The van der Waals surface area contributed by atoms with Gasteiger partial charge in [-0.2, -0.15) is 21.6 Å². The summed E-state index contributed by atoms with van der Waals surface area (Å²) in [5.74, 6) is -1.11. The van der Waals surface area contributed by atoms with Crippen molar-refractivity contribution < 1.29 is 25.8 Å². The average Bonchev–Trinajstić information content (AvgIpc) is 3.14. The smallest absolute Gasteiger partial charge is 0.249 e. The summed E-state index contributed by atoms with van der Waals surface area (Å²) < 4.78 is 70.8. The molecule has 0 aliphatic heterocycles. The summed E-state index contributed by atoms with van der Waals surface area (Å²) in [6.45, 7) is 1.78. The molecule has 1 aromatic carbocycles. The summed E-state index contributed by atoms with van der Waals surface area (Å²) in [6, 6.07) is 5.70. The molecule has 0 heterocycles. The van der Waals surface area contributed by atoms with Crippen LogP contribution in [0.3, 0.4) is 0 Å². The van der Waals surface area contributed by atoms with Gasteiger partial charge >= 0.3 is 6.18 Å². The van der Waals surface area contributed by atoms with Gasteiger partial charge in [-0.05, 0) is 42.7 Å². The number of hydrogen-bond donors (Lipinski definition) is 0. The molecule has 5 fully saturated rings. The van der Waals surface area contributed by atoms with Crippen molar-refractivity contribution in [3.8, 4) is 0 Å². The molecule has 0 atom stereocenters. The molecule has 5 aliphatic rings. The van der Waals surface area contributed by atoms with Gasteiger partial charge < -0.3 is 0 Å². The van der Waals surface area contributed by atoms with Gasteiger partial charge in [0.25, 0.3) is 10.1 Å². The van der Waals surface area contributed by atoms with Crippen LogP contribution >= 0.6 is 0 Å². The lowest BCUT2D eigenvalue weighted by Crippen LogP contribution is -2.51. The minimum absolute atomic E-state index is 0.0462. The molecule has 0 unspecified atom stereocenters. The topological polar surface area (TPSA) is 43.4 Å². The summed E-state index contributed by atoms with van der Waals surface area (Å²) in [6.07, 6.45) is -4.65. The van der Waals surface area contributed by atoms with Crippen molar-refractivity contribution in [3.63, 3.8) is 0 Å². The second-order valence-corrected chi connectivity index (χ2v) is 8.55. The third kappa shape index (κ3) is 1.24. The van der Waals surface area contributed by atoms with Crippen LogP contribution in [0.25, 0.3) is 0 Å². The van der Waals surface area contributed by atoms with Crippen LogP contribution in [0.2, 0.25) is 0 Å². The van der Waals surface area contributed by atoms with Gasteiger partial charge in [-0.3, -0.25) is 0 Å². The maximum absolute atomic E-state index is 13.7. The molecule has 0 aromatic heterocycles. The lowest BCUT2D eigenvalue weighted by molar-refractivity contribution is -0.257. The zero-order valence-electron chi connectivity index (χ0n) is 11.5. The second kappa shape index (κ2) is 3.38. The Hall–Kier alpha value is -1.08. The molecule has 0 amide bonds. The molecule has 5 saturated carbocycles. The molecule has 7 heteroatoms. The first-order valence-corrected chi connectivity index (χ1v) is 8.70. The minimum atomic E-state index is -4.65. The Kier molecular flexibility index (Phi) is 2.05. The second-order valence-electron chi connectivity index (χ2n) is 7.00. The molecule has 22 heavy (non-hydrogen) atoms. The zero-order chi connectivity index (χ0) is 15.7. The van der Waals surface area contributed by atoms with Crippen molar-refractivity contribution in [2.24, 2.45) is 35.5 Å². The fourth-order valence-electron chi connectivity index (χ4n) is 5.39. The molecule has 0 saturated heterocycles. The first-order chi connectivity index (χ1) is 10.2. The maximum atomic E-state index is 13.7. The van der Waals surface area contributed by atoms with Crippen molar-refractivity contribution >= 4 is 10.1 Å². The quantitative estimate of drug-likeness (QED) is 0.801. The number of alkyl halides is 3.